The molecule has 17 heavy (non-hydrogen) atoms. The molecule has 0 spiro atoms. The van der Waals surface area contributed by atoms with Crippen LogP contribution >= 0.6 is 0 Å². The summed E-state index contributed by atoms with van der Waals surface area (Å²) in [6, 6.07) is 10.7. The van der Waals surface area contributed by atoms with E-state index in [1.165, 1.54) is 18.5 Å². The minimum atomic E-state index is 1.08. The van der Waals surface area contributed by atoms with Gasteiger partial charge in [0.15, 0.2) is 0 Å². The van der Waals surface area contributed by atoms with Crippen molar-refractivity contribution in [2.45, 2.75) is 13.0 Å². The largest absolute Gasteiger partial charge is 0.305 e. The number of benzene rings is 1. The first-order valence-corrected chi connectivity index (χ1v) is 6.33. The molecule has 1 heterocycles. The van der Waals surface area contributed by atoms with Crippen LogP contribution in [-0.2, 0) is 6.54 Å². The summed E-state index contributed by atoms with van der Waals surface area (Å²) in [4.78, 5) is 4.76. The number of hydrogen-bond donors (Lipinski definition) is 0. The second-order valence-electron chi connectivity index (χ2n) is 5.07. The van der Waals surface area contributed by atoms with Crippen molar-refractivity contribution in [3.8, 4) is 0 Å². The Morgan fingerprint density at radius 1 is 1.18 bits per heavy atom. The Kier molecular flexibility index (Phi) is 4.35. The summed E-state index contributed by atoms with van der Waals surface area (Å²) < 4.78 is 0. The molecule has 1 aliphatic rings. The Balaban J connectivity index is 1.85. The van der Waals surface area contributed by atoms with Crippen LogP contribution < -0.4 is 0 Å². The van der Waals surface area contributed by atoms with E-state index >= 15 is 0 Å². The maximum absolute atomic E-state index is 2.51. The number of rotatable bonds is 4. The summed E-state index contributed by atoms with van der Waals surface area (Å²) in [7, 11) is 4.27. The van der Waals surface area contributed by atoms with E-state index in [1.807, 2.05) is 0 Å². The fraction of sp³-hybridized carbons (Fsp3) is 0.467. The fourth-order valence-electron chi connectivity index (χ4n) is 2.29. The van der Waals surface area contributed by atoms with Crippen LogP contribution in [0, 0.1) is 0 Å². The van der Waals surface area contributed by atoms with E-state index in [4.69, 9.17) is 0 Å². The molecule has 1 aliphatic heterocycles. The van der Waals surface area contributed by atoms with Gasteiger partial charge in [-0.05, 0) is 26.1 Å². The lowest BCUT2D eigenvalue weighted by atomic mass is 10.1. The summed E-state index contributed by atoms with van der Waals surface area (Å²) in [5.41, 5.74) is 3.00. The standard InChI is InChI=1S/C15H22N2/c1-16(2)12-15-8-10-17(11-9-15)13-14-6-4-3-5-7-14/h3-8H,9-13H2,1-2H3. The highest BCUT2D eigenvalue weighted by molar-refractivity contribution is 5.16. The lowest BCUT2D eigenvalue weighted by Crippen LogP contribution is -2.30. The normalized spacial score (nSPS) is 17.2. The fourth-order valence-corrected chi connectivity index (χ4v) is 2.29. The smallest absolute Gasteiger partial charge is 0.0237 e. The number of likely N-dealkylation sites (N-methyl/N-ethyl adjacent to an activating group) is 1. The zero-order chi connectivity index (χ0) is 12.1. The predicted molar refractivity (Wildman–Crippen MR) is 73.0 cm³/mol. The first-order chi connectivity index (χ1) is 8.24. The van der Waals surface area contributed by atoms with E-state index in [2.05, 4.69) is 60.3 Å². The van der Waals surface area contributed by atoms with Crippen LogP contribution in [0.2, 0.25) is 0 Å². The average molecular weight is 230 g/mol. The first-order valence-electron chi connectivity index (χ1n) is 6.33. The molecule has 0 radical (unpaired) electrons. The van der Waals surface area contributed by atoms with Crippen molar-refractivity contribution < 1.29 is 0 Å². The Labute approximate surface area is 105 Å². The van der Waals surface area contributed by atoms with Crippen LogP contribution in [0.15, 0.2) is 42.0 Å². The van der Waals surface area contributed by atoms with Gasteiger partial charge in [0.25, 0.3) is 0 Å². The highest BCUT2D eigenvalue weighted by Crippen LogP contribution is 2.14. The molecule has 0 saturated carbocycles. The van der Waals surface area contributed by atoms with Gasteiger partial charge in [0, 0.05) is 26.2 Å². The van der Waals surface area contributed by atoms with Gasteiger partial charge in [-0.2, -0.15) is 0 Å². The minimum Gasteiger partial charge on any atom is -0.305 e. The summed E-state index contributed by atoms with van der Waals surface area (Å²) in [5, 5.41) is 0. The van der Waals surface area contributed by atoms with Crippen molar-refractivity contribution in [1.82, 2.24) is 9.80 Å². The van der Waals surface area contributed by atoms with Gasteiger partial charge < -0.3 is 4.90 Å². The highest BCUT2D eigenvalue weighted by atomic mass is 15.1. The predicted octanol–water partition coefficient (Wildman–Crippen LogP) is 2.38. The molecule has 92 valence electrons. The Hall–Kier alpha value is -1.12. The van der Waals surface area contributed by atoms with E-state index in [-0.39, 0.29) is 0 Å². The summed E-state index contributed by atoms with van der Waals surface area (Å²) in [5.74, 6) is 0. The van der Waals surface area contributed by atoms with Crippen molar-refractivity contribution in [2.24, 2.45) is 0 Å². The van der Waals surface area contributed by atoms with Crippen LogP contribution in [0.3, 0.4) is 0 Å². The molecule has 0 fully saturated rings. The van der Waals surface area contributed by atoms with Gasteiger partial charge in [0.1, 0.15) is 0 Å². The Morgan fingerprint density at radius 2 is 1.94 bits per heavy atom. The summed E-state index contributed by atoms with van der Waals surface area (Å²) in [6.07, 6.45) is 3.61. The molecular weight excluding hydrogens is 208 g/mol. The van der Waals surface area contributed by atoms with E-state index in [0.29, 0.717) is 0 Å². The van der Waals surface area contributed by atoms with Crippen molar-refractivity contribution in [3.05, 3.63) is 47.5 Å². The van der Waals surface area contributed by atoms with Crippen molar-refractivity contribution in [3.63, 3.8) is 0 Å². The summed E-state index contributed by atoms with van der Waals surface area (Å²) >= 11 is 0. The molecule has 0 N–H and O–H groups in total. The molecule has 0 atom stereocenters. The zero-order valence-electron chi connectivity index (χ0n) is 10.9. The van der Waals surface area contributed by atoms with Crippen LogP contribution in [0.1, 0.15) is 12.0 Å². The molecule has 1 aromatic rings. The monoisotopic (exact) mass is 230 g/mol. The van der Waals surface area contributed by atoms with Gasteiger partial charge in [-0.25, -0.2) is 0 Å². The third-order valence-electron chi connectivity index (χ3n) is 3.16. The Bertz CT molecular complexity index is 368. The van der Waals surface area contributed by atoms with Crippen LogP contribution in [-0.4, -0.2) is 43.5 Å². The molecule has 0 bridgehead atoms. The topological polar surface area (TPSA) is 6.48 Å². The highest BCUT2D eigenvalue weighted by Gasteiger charge is 2.11. The molecule has 2 rings (SSSR count). The van der Waals surface area contributed by atoms with Crippen molar-refractivity contribution >= 4 is 0 Å². The van der Waals surface area contributed by atoms with Gasteiger partial charge in [-0.3, -0.25) is 4.90 Å². The van der Waals surface area contributed by atoms with E-state index in [0.717, 1.165) is 19.6 Å². The lowest BCUT2D eigenvalue weighted by Gasteiger charge is -2.27. The van der Waals surface area contributed by atoms with Crippen molar-refractivity contribution in [2.75, 3.05) is 33.7 Å². The number of nitrogens with zero attached hydrogens (tertiary/aromatic N) is 2. The Morgan fingerprint density at radius 3 is 2.53 bits per heavy atom. The molecule has 1 aromatic carbocycles. The first kappa shape index (κ1) is 12.3. The van der Waals surface area contributed by atoms with E-state index in [9.17, 15) is 0 Å². The quantitative estimate of drug-likeness (QED) is 0.733. The molecule has 0 saturated heterocycles. The maximum atomic E-state index is 2.51. The molecule has 2 nitrogen and oxygen atoms in total. The van der Waals surface area contributed by atoms with E-state index in [1.54, 1.807) is 5.57 Å². The van der Waals surface area contributed by atoms with Gasteiger partial charge >= 0.3 is 0 Å². The second kappa shape index (κ2) is 5.99. The SMILES string of the molecule is CN(C)CC1=CCN(Cc2ccccc2)CC1. The maximum Gasteiger partial charge on any atom is 0.0237 e. The van der Waals surface area contributed by atoms with Gasteiger partial charge in [-0.15, -0.1) is 0 Å². The minimum absolute atomic E-state index is 1.08. The van der Waals surface area contributed by atoms with Gasteiger partial charge in [-0.1, -0.05) is 42.0 Å². The third kappa shape index (κ3) is 3.99. The van der Waals surface area contributed by atoms with Gasteiger partial charge in [0.05, 0.1) is 0 Å². The molecule has 0 amide bonds. The summed E-state index contributed by atoms with van der Waals surface area (Å²) in [6.45, 7) is 4.47. The molecule has 0 aromatic heterocycles. The molecule has 0 unspecified atom stereocenters. The lowest BCUT2D eigenvalue weighted by molar-refractivity contribution is 0.279. The number of hydrogen-bond acceptors (Lipinski definition) is 2. The van der Waals surface area contributed by atoms with Crippen molar-refractivity contribution in [1.29, 1.82) is 0 Å². The molecular formula is C15H22N2. The van der Waals surface area contributed by atoms with E-state index < -0.39 is 0 Å². The molecule has 2 heteroatoms. The second-order valence-corrected chi connectivity index (χ2v) is 5.07. The van der Waals surface area contributed by atoms with Crippen LogP contribution in [0.25, 0.3) is 0 Å². The third-order valence-corrected chi connectivity index (χ3v) is 3.16. The van der Waals surface area contributed by atoms with Crippen LogP contribution in [0.4, 0.5) is 0 Å². The average Bonchev–Trinajstić information content (AvgIpc) is 2.32. The van der Waals surface area contributed by atoms with Crippen LogP contribution in [0.5, 0.6) is 0 Å². The van der Waals surface area contributed by atoms with Gasteiger partial charge in [0.2, 0.25) is 0 Å². The molecule has 0 aliphatic carbocycles. The zero-order valence-corrected chi connectivity index (χ0v) is 10.9.